The molecule has 4 nitrogen and oxygen atoms in total. The summed E-state index contributed by atoms with van der Waals surface area (Å²) in [5.74, 6) is 0.127. The zero-order valence-electron chi connectivity index (χ0n) is 10.7. The lowest BCUT2D eigenvalue weighted by Crippen LogP contribution is -2.36. The molecule has 0 unspecified atom stereocenters. The minimum atomic E-state index is -0.326. The van der Waals surface area contributed by atoms with E-state index in [4.69, 9.17) is 11.5 Å². The quantitative estimate of drug-likeness (QED) is 0.760. The largest absolute Gasteiger partial charge is 0.399 e. The number of hydrogen-bond donors (Lipinski definition) is 2. The van der Waals surface area contributed by atoms with Gasteiger partial charge in [-0.3, -0.25) is 4.79 Å². The van der Waals surface area contributed by atoms with Crippen molar-refractivity contribution in [3.05, 3.63) is 23.8 Å². The number of carbonyl (C=O) groups excluding carboxylic acids is 1. The Balaban J connectivity index is 3.02. The zero-order chi connectivity index (χ0) is 13.0. The average Bonchev–Trinajstić information content (AvgIpc) is 2.19. The average molecular weight is 235 g/mol. The summed E-state index contributed by atoms with van der Waals surface area (Å²) < 4.78 is 0. The fraction of sp³-hybridized carbons (Fsp3) is 0.462. The maximum atomic E-state index is 11.1. The van der Waals surface area contributed by atoms with Crippen LogP contribution in [-0.2, 0) is 4.79 Å². The molecule has 4 N–H and O–H groups in total. The van der Waals surface area contributed by atoms with Gasteiger partial charge in [-0.2, -0.15) is 0 Å². The molecule has 0 bridgehead atoms. The van der Waals surface area contributed by atoms with E-state index in [1.54, 1.807) is 0 Å². The van der Waals surface area contributed by atoms with Crippen molar-refractivity contribution >= 4 is 17.3 Å². The van der Waals surface area contributed by atoms with Crippen LogP contribution in [0.1, 0.15) is 19.4 Å². The molecule has 0 spiro atoms. The van der Waals surface area contributed by atoms with Gasteiger partial charge in [0.2, 0.25) is 5.91 Å². The number of carbonyl (C=O) groups is 1. The molecule has 1 rings (SSSR count). The topological polar surface area (TPSA) is 72.3 Å². The zero-order valence-corrected chi connectivity index (χ0v) is 10.7. The summed E-state index contributed by atoms with van der Waals surface area (Å²) in [6.45, 7) is 7.23. The molecule has 1 aromatic rings. The van der Waals surface area contributed by atoms with Crippen LogP contribution in [0.25, 0.3) is 0 Å². The first-order valence-corrected chi connectivity index (χ1v) is 5.79. The van der Waals surface area contributed by atoms with E-state index >= 15 is 0 Å². The minimum absolute atomic E-state index is 0.225. The lowest BCUT2D eigenvalue weighted by molar-refractivity contribution is -0.116. The van der Waals surface area contributed by atoms with Crippen molar-refractivity contribution in [1.82, 2.24) is 0 Å². The van der Waals surface area contributed by atoms with Gasteiger partial charge in [-0.05, 0) is 30.5 Å². The molecular formula is C13H21N3O. The van der Waals surface area contributed by atoms with Crippen molar-refractivity contribution in [2.45, 2.75) is 20.8 Å². The molecule has 0 aromatic heterocycles. The second kappa shape index (κ2) is 5.57. The molecule has 0 aliphatic heterocycles. The Kier molecular flexibility index (Phi) is 4.37. The Morgan fingerprint density at radius 3 is 2.59 bits per heavy atom. The highest BCUT2D eigenvalue weighted by molar-refractivity contribution is 5.80. The maximum Gasteiger partial charge on any atom is 0.236 e. The second-order valence-electron chi connectivity index (χ2n) is 4.79. The summed E-state index contributed by atoms with van der Waals surface area (Å²) in [5.41, 5.74) is 13.8. The van der Waals surface area contributed by atoms with E-state index in [0.717, 1.165) is 17.8 Å². The van der Waals surface area contributed by atoms with E-state index in [1.807, 2.05) is 30.0 Å². The fourth-order valence-corrected chi connectivity index (χ4v) is 1.84. The highest BCUT2D eigenvalue weighted by atomic mass is 16.1. The van der Waals surface area contributed by atoms with Gasteiger partial charge in [0.05, 0.1) is 6.54 Å². The Morgan fingerprint density at radius 1 is 1.41 bits per heavy atom. The minimum Gasteiger partial charge on any atom is -0.399 e. The van der Waals surface area contributed by atoms with Crippen LogP contribution in [0.2, 0.25) is 0 Å². The van der Waals surface area contributed by atoms with E-state index in [9.17, 15) is 4.79 Å². The van der Waals surface area contributed by atoms with Crippen LogP contribution >= 0.6 is 0 Å². The smallest absolute Gasteiger partial charge is 0.236 e. The van der Waals surface area contributed by atoms with Crippen LogP contribution in [0.5, 0.6) is 0 Å². The first-order chi connectivity index (χ1) is 7.90. The van der Waals surface area contributed by atoms with Crippen LogP contribution in [0, 0.1) is 12.8 Å². The number of amides is 1. The van der Waals surface area contributed by atoms with Crippen molar-refractivity contribution in [3.8, 4) is 0 Å². The summed E-state index contributed by atoms with van der Waals surface area (Å²) in [6.07, 6.45) is 0. The third-order valence-electron chi connectivity index (χ3n) is 2.51. The molecule has 1 amide bonds. The molecule has 0 heterocycles. The molecule has 4 heteroatoms. The van der Waals surface area contributed by atoms with Gasteiger partial charge in [-0.25, -0.2) is 0 Å². The van der Waals surface area contributed by atoms with Crippen molar-refractivity contribution in [3.63, 3.8) is 0 Å². The number of anilines is 2. The summed E-state index contributed by atoms with van der Waals surface area (Å²) in [7, 11) is 0. The van der Waals surface area contributed by atoms with Crippen molar-refractivity contribution in [1.29, 1.82) is 0 Å². The molecule has 17 heavy (non-hydrogen) atoms. The van der Waals surface area contributed by atoms with Gasteiger partial charge in [0.25, 0.3) is 0 Å². The standard InChI is InChI=1S/C13H21N3O/c1-9(2)7-16(8-13(15)17)12-6-11(14)5-4-10(12)3/h4-6,9H,7-8,14H2,1-3H3,(H2,15,17). The maximum absolute atomic E-state index is 11.1. The van der Waals surface area contributed by atoms with E-state index in [1.165, 1.54) is 0 Å². The van der Waals surface area contributed by atoms with Gasteiger partial charge in [0.15, 0.2) is 0 Å². The number of nitrogens with zero attached hydrogens (tertiary/aromatic N) is 1. The summed E-state index contributed by atoms with van der Waals surface area (Å²) in [5, 5.41) is 0. The van der Waals surface area contributed by atoms with Crippen LogP contribution in [-0.4, -0.2) is 19.0 Å². The Hall–Kier alpha value is -1.71. The molecular weight excluding hydrogens is 214 g/mol. The first-order valence-electron chi connectivity index (χ1n) is 5.79. The Labute approximate surface area is 103 Å². The first kappa shape index (κ1) is 13.4. The van der Waals surface area contributed by atoms with E-state index < -0.39 is 0 Å². The highest BCUT2D eigenvalue weighted by Crippen LogP contribution is 2.23. The lowest BCUT2D eigenvalue weighted by atomic mass is 10.1. The number of benzene rings is 1. The van der Waals surface area contributed by atoms with Gasteiger partial charge in [-0.1, -0.05) is 19.9 Å². The molecule has 0 saturated carbocycles. The van der Waals surface area contributed by atoms with Crippen molar-refractivity contribution in [2.75, 3.05) is 23.7 Å². The Morgan fingerprint density at radius 2 is 2.06 bits per heavy atom. The second-order valence-corrected chi connectivity index (χ2v) is 4.79. The highest BCUT2D eigenvalue weighted by Gasteiger charge is 2.13. The molecule has 0 radical (unpaired) electrons. The number of aryl methyl sites for hydroxylation is 1. The van der Waals surface area contributed by atoms with E-state index in [-0.39, 0.29) is 12.5 Å². The predicted molar refractivity (Wildman–Crippen MR) is 71.8 cm³/mol. The summed E-state index contributed by atoms with van der Waals surface area (Å²) in [4.78, 5) is 13.1. The van der Waals surface area contributed by atoms with Crippen LogP contribution in [0.15, 0.2) is 18.2 Å². The Bertz CT molecular complexity index is 402. The van der Waals surface area contributed by atoms with Crippen LogP contribution in [0.4, 0.5) is 11.4 Å². The third kappa shape index (κ3) is 3.98. The van der Waals surface area contributed by atoms with Gasteiger partial charge in [-0.15, -0.1) is 0 Å². The molecule has 0 fully saturated rings. The number of nitrogens with two attached hydrogens (primary N) is 2. The summed E-state index contributed by atoms with van der Waals surface area (Å²) >= 11 is 0. The van der Waals surface area contributed by atoms with Gasteiger partial charge >= 0.3 is 0 Å². The van der Waals surface area contributed by atoms with E-state index in [0.29, 0.717) is 11.6 Å². The van der Waals surface area contributed by atoms with Crippen molar-refractivity contribution < 1.29 is 4.79 Å². The normalized spacial score (nSPS) is 10.6. The third-order valence-corrected chi connectivity index (χ3v) is 2.51. The predicted octanol–water partition coefficient (Wildman–Crippen LogP) is 1.52. The number of primary amides is 1. The van der Waals surface area contributed by atoms with Crippen LogP contribution in [0.3, 0.4) is 0 Å². The summed E-state index contributed by atoms with van der Waals surface area (Å²) in [6, 6.07) is 5.70. The molecule has 94 valence electrons. The van der Waals surface area contributed by atoms with Gasteiger partial charge in [0, 0.05) is 17.9 Å². The number of rotatable bonds is 5. The lowest BCUT2D eigenvalue weighted by Gasteiger charge is -2.27. The molecule has 0 saturated heterocycles. The van der Waals surface area contributed by atoms with Crippen molar-refractivity contribution in [2.24, 2.45) is 11.7 Å². The van der Waals surface area contributed by atoms with Gasteiger partial charge in [0.1, 0.15) is 0 Å². The molecule has 1 aromatic carbocycles. The van der Waals surface area contributed by atoms with E-state index in [2.05, 4.69) is 13.8 Å². The molecule has 0 atom stereocenters. The number of nitrogen functional groups attached to an aromatic ring is 1. The van der Waals surface area contributed by atoms with Crippen LogP contribution < -0.4 is 16.4 Å². The number of hydrogen-bond acceptors (Lipinski definition) is 3. The molecule has 0 aliphatic rings. The molecule has 0 aliphatic carbocycles. The fourth-order valence-electron chi connectivity index (χ4n) is 1.84. The van der Waals surface area contributed by atoms with Gasteiger partial charge < -0.3 is 16.4 Å². The monoisotopic (exact) mass is 235 g/mol. The SMILES string of the molecule is Cc1ccc(N)cc1N(CC(N)=O)CC(C)C.